The van der Waals surface area contributed by atoms with E-state index in [0.717, 1.165) is 73.9 Å². The van der Waals surface area contributed by atoms with Gasteiger partial charge in [-0.05, 0) is 88.8 Å². The van der Waals surface area contributed by atoms with Crippen LogP contribution in [0.25, 0.3) is 11.0 Å². The molecule has 0 unspecified atom stereocenters. The normalized spacial score (nSPS) is 11.4. The summed E-state index contributed by atoms with van der Waals surface area (Å²) in [5, 5.41) is 0.860. The third kappa shape index (κ3) is 5.63. The number of halogens is 2. The Hall–Kier alpha value is -1.13. The summed E-state index contributed by atoms with van der Waals surface area (Å²) in [6, 6.07) is 9.68. The van der Waals surface area contributed by atoms with E-state index in [1.54, 1.807) is 6.26 Å². The minimum absolute atomic E-state index is 0.0153. The molecule has 0 radical (unpaired) electrons. The van der Waals surface area contributed by atoms with E-state index in [1.165, 1.54) is 0 Å². The molecule has 0 saturated carbocycles. The Morgan fingerprint density at radius 1 is 1.10 bits per heavy atom. The Bertz CT molecular complexity index is 1040. The van der Waals surface area contributed by atoms with E-state index in [9.17, 15) is 4.79 Å². The maximum Gasteiger partial charge on any atom is 0.197 e. The number of benzene rings is 2. The van der Waals surface area contributed by atoms with Crippen LogP contribution in [0.4, 0.5) is 0 Å². The second-order valence-corrected chi connectivity index (χ2v) is 9.72. The van der Waals surface area contributed by atoms with Gasteiger partial charge in [-0.25, -0.2) is 0 Å². The van der Waals surface area contributed by atoms with Gasteiger partial charge in [0.05, 0.1) is 12.7 Å². The lowest BCUT2D eigenvalue weighted by molar-refractivity contribution is 0.103. The molecule has 0 saturated heterocycles. The van der Waals surface area contributed by atoms with Gasteiger partial charge in [-0.15, -0.1) is 0 Å². The maximum absolute atomic E-state index is 13.6. The van der Waals surface area contributed by atoms with E-state index in [4.69, 9.17) is 9.15 Å². The Balaban J connectivity index is 1.97. The summed E-state index contributed by atoms with van der Waals surface area (Å²) >= 11 is 4.65. The highest BCUT2D eigenvalue weighted by atomic mass is 127. The Kier molecular flexibility index (Phi) is 9.21. The van der Waals surface area contributed by atoms with Crippen molar-refractivity contribution in [3.05, 3.63) is 60.4 Å². The number of carbonyl (C=O) groups excluding carboxylic acids is 1. The van der Waals surface area contributed by atoms with Crippen molar-refractivity contribution in [1.82, 2.24) is 4.90 Å². The lowest BCUT2D eigenvalue weighted by atomic mass is 9.95. The third-order valence-corrected chi connectivity index (χ3v) is 7.52. The molecule has 0 aliphatic rings. The van der Waals surface area contributed by atoms with Crippen LogP contribution in [0.15, 0.2) is 41.0 Å². The van der Waals surface area contributed by atoms with Crippen molar-refractivity contribution in [2.45, 2.75) is 40.0 Å². The van der Waals surface area contributed by atoms with Crippen molar-refractivity contribution < 1.29 is 13.9 Å². The average molecular weight is 645 g/mol. The topological polar surface area (TPSA) is 42.7 Å². The summed E-state index contributed by atoms with van der Waals surface area (Å²) in [5.41, 5.74) is 3.19. The van der Waals surface area contributed by atoms with E-state index < -0.39 is 0 Å². The van der Waals surface area contributed by atoms with Gasteiger partial charge in [-0.2, -0.15) is 0 Å². The zero-order chi connectivity index (χ0) is 22.4. The minimum atomic E-state index is 0.0153. The first-order valence-electron chi connectivity index (χ1n) is 10.9. The standard InChI is InChI=1S/C25H29I2NO3/c1-4-7-10-18-19(24(29)20-16-31-22-12-9-8-11-17(20)22)15-21(26)25(23(18)27)30-14-13-28(5-2)6-3/h8-9,11-12,15-16H,4-7,10,13-14H2,1-3H3. The molecule has 0 spiro atoms. The van der Waals surface area contributed by atoms with Crippen LogP contribution in [0.1, 0.15) is 55.1 Å². The van der Waals surface area contributed by atoms with Crippen LogP contribution in [-0.2, 0) is 6.42 Å². The molecule has 3 aromatic rings. The highest BCUT2D eigenvalue weighted by molar-refractivity contribution is 14.1. The lowest BCUT2D eigenvalue weighted by Crippen LogP contribution is -2.28. The van der Waals surface area contributed by atoms with Crippen LogP contribution in [0.3, 0.4) is 0 Å². The van der Waals surface area contributed by atoms with Crippen LogP contribution in [0, 0.1) is 7.14 Å². The van der Waals surface area contributed by atoms with Gasteiger partial charge in [0.25, 0.3) is 0 Å². The molecule has 6 heteroatoms. The monoisotopic (exact) mass is 645 g/mol. The smallest absolute Gasteiger partial charge is 0.197 e. The molecule has 1 aromatic heterocycles. The second-order valence-electron chi connectivity index (χ2n) is 7.48. The Morgan fingerprint density at radius 3 is 2.55 bits per heavy atom. The van der Waals surface area contributed by atoms with Crippen molar-refractivity contribution in [2.24, 2.45) is 0 Å². The van der Waals surface area contributed by atoms with Crippen LogP contribution in [-0.4, -0.2) is 36.9 Å². The van der Waals surface area contributed by atoms with Gasteiger partial charge in [0.2, 0.25) is 0 Å². The van der Waals surface area contributed by atoms with Crippen LogP contribution < -0.4 is 4.74 Å². The van der Waals surface area contributed by atoms with Gasteiger partial charge >= 0.3 is 0 Å². The highest BCUT2D eigenvalue weighted by Gasteiger charge is 2.24. The molecule has 0 fully saturated rings. The Labute approximate surface area is 212 Å². The molecule has 0 bridgehead atoms. The first-order chi connectivity index (χ1) is 15.0. The molecule has 0 aliphatic heterocycles. The van der Waals surface area contributed by atoms with E-state index in [2.05, 4.69) is 70.9 Å². The summed E-state index contributed by atoms with van der Waals surface area (Å²) in [5.74, 6) is 0.912. The largest absolute Gasteiger partial charge is 0.490 e. The molecule has 166 valence electrons. The fourth-order valence-electron chi connectivity index (χ4n) is 3.69. The van der Waals surface area contributed by atoms with Gasteiger partial charge in [-0.3, -0.25) is 4.79 Å². The van der Waals surface area contributed by atoms with E-state index in [1.807, 2.05) is 30.3 Å². The molecule has 2 aromatic carbocycles. The number of ether oxygens (including phenoxy) is 1. The van der Waals surface area contributed by atoms with Gasteiger partial charge in [0, 0.05) is 17.5 Å². The average Bonchev–Trinajstić information content (AvgIpc) is 3.21. The van der Waals surface area contributed by atoms with Gasteiger partial charge in [0.15, 0.2) is 5.78 Å². The van der Waals surface area contributed by atoms with Crippen molar-refractivity contribution in [3.8, 4) is 5.75 Å². The quantitative estimate of drug-likeness (QED) is 0.168. The second kappa shape index (κ2) is 11.7. The fraction of sp³-hybridized carbons (Fsp3) is 0.400. The van der Waals surface area contributed by atoms with Crippen LogP contribution >= 0.6 is 45.2 Å². The highest BCUT2D eigenvalue weighted by Crippen LogP contribution is 2.36. The van der Waals surface area contributed by atoms with Crippen molar-refractivity contribution >= 4 is 61.9 Å². The summed E-state index contributed by atoms with van der Waals surface area (Å²) in [4.78, 5) is 15.9. The molecular formula is C25H29I2NO3. The molecule has 0 N–H and O–H groups in total. The predicted molar refractivity (Wildman–Crippen MR) is 143 cm³/mol. The predicted octanol–water partition coefficient (Wildman–Crippen LogP) is 6.94. The van der Waals surface area contributed by atoms with E-state index in [-0.39, 0.29) is 5.78 Å². The molecule has 3 rings (SSSR count). The number of rotatable bonds is 11. The summed E-state index contributed by atoms with van der Waals surface area (Å²) in [7, 11) is 0. The van der Waals surface area contributed by atoms with Crippen molar-refractivity contribution in [3.63, 3.8) is 0 Å². The number of unbranched alkanes of at least 4 members (excludes halogenated alkanes) is 1. The molecule has 1 heterocycles. The van der Waals surface area contributed by atoms with Gasteiger partial charge in [-0.1, -0.05) is 45.4 Å². The molecule has 0 amide bonds. The molecule has 31 heavy (non-hydrogen) atoms. The number of likely N-dealkylation sites (N-methyl/N-ethyl adjacent to an activating group) is 1. The summed E-state index contributed by atoms with van der Waals surface area (Å²) < 4.78 is 13.9. The summed E-state index contributed by atoms with van der Waals surface area (Å²) in [6.07, 6.45) is 4.55. The van der Waals surface area contributed by atoms with Gasteiger partial charge < -0.3 is 14.1 Å². The number of hydrogen-bond acceptors (Lipinski definition) is 4. The summed E-state index contributed by atoms with van der Waals surface area (Å²) in [6.45, 7) is 10.1. The number of fused-ring (bicyclic) bond motifs is 1. The van der Waals surface area contributed by atoms with E-state index in [0.29, 0.717) is 12.2 Å². The Morgan fingerprint density at radius 2 is 1.84 bits per heavy atom. The fourth-order valence-corrected chi connectivity index (χ4v) is 5.95. The van der Waals surface area contributed by atoms with Crippen molar-refractivity contribution in [2.75, 3.05) is 26.2 Å². The molecule has 4 nitrogen and oxygen atoms in total. The number of carbonyl (C=O) groups is 1. The molecule has 0 atom stereocenters. The SMILES string of the molecule is CCCCc1c(C(=O)c2coc3ccccc23)cc(I)c(OCCN(CC)CC)c1I. The third-order valence-electron chi connectivity index (χ3n) is 5.58. The van der Waals surface area contributed by atoms with Crippen LogP contribution in [0.5, 0.6) is 5.75 Å². The number of ketones is 1. The van der Waals surface area contributed by atoms with Gasteiger partial charge in [0.1, 0.15) is 24.2 Å². The van der Waals surface area contributed by atoms with E-state index >= 15 is 0 Å². The zero-order valence-corrected chi connectivity index (χ0v) is 22.7. The van der Waals surface area contributed by atoms with Crippen LogP contribution in [0.2, 0.25) is 0 Å². The number of furan rings is 1. The number of hydrogen-bond donors (Lipinski definition) is 0. The first-order valence-corrected chi connectivity index (χ1v) is 13.0. The minimum Gasteiger partial charge on any atom is -0.490 e. The zero-order valence-electron chi connectivity index (χ0n) is 18.3. The first kappa shape index (κ1) is 24.5. The number of nitrogens with zero attached hydrogens (tertiary/aromatic N) is 1. The maximum atomic E-state index is 13.6. The van der Waals surface area contributed by atoms with Crippen molar-refractivity contribution in [1.29, 1.82) is 0 Å². The molecular weight excluding hydrogens is 616 g/mol. The molecule has 0 aliphatic carbocycles. The number of para-hydroxylation sites is 1. The lowest BCUT2D eigenvalue weighted by Gasteiger charge is -2.20.